The normalized spacial score (nSPS) is 31.8. The Bertz CT molecular complexity index is 767. The van der Waals surface area contributed by atoms with E-state index in [-0.39, 0.29) is 6.61 Å². The van der Waals surface area contributed by atoms with Gasteiger partial charge in [0, 0.05) is 5.56 Å². The van der Waals surface area contributed by atoms with Gasteiger partial charge in [-0.1, -0.05) is 66.7 Å². The molecule has 2 fully saturated rings. The summed E-state index contributed by atoms with van der Waals surface area (Å²) in [6.07, 6.45) is -2.29. The van der Waals surface area contributed by atoms with Crippen LogP contribution in [0.25, 0.3) is 0 Å². The Morgan fingerprint density at radius 3 is 2.45 bits per heavy atom. The van der Waals surface area contributed by atoms with Crippen molar-refractivity contribution < 1.29 is 28.8 Å². The first-order valence-corrected chi connectivity index (χ1v) is 9.80. The molecule has 2 aliphatic rings. The standard InChI is InChI=1S/C23H26O6/c1-2-13-25-23-19(24)21(26-14-16-9-5-3-6-10-16)20-18(28-23)15-27-22(29-20)17-11-7-4-8-12-17/h2-12,18-24H,1,13-15H2/t18-,19-,20-,21-,22?,23+/m1/s1. The number of benzene rings is 2. The van der Waals surface area contributed by atoms with Gasteiger partial charge in [-0.05, 0) is 5.56 Å². The topological polar surface area (TPSA) is 66.4 Å². The molecule has 2 aliphatic heterocycles. The highest BCUT2D eigenvalue weighted by molar-refractivity contribution is 5.17. The molecule has 0 aliphatic carbocycles. The number of aliphatic hydroxyl groups excluding tert-OH is 1. The summed E-state index contributed by atoms with van der Waals surface area (Å²) in [6.45, 7) is 4.57. The van der Waals surface area contributed by atoms with E-state index in [0.29, 0.717) is 13.2 Å². The van der Waals surface area contributed by atoms with Gasteiger partial charge in [-0.3, -0.25) is 0 Å². The molecular formula is C23H26O6. The SMILES string of the molecule is C=CCO[C@H]1O[C@@H]2COC(c3ccccc3)O[C@H]2[C@H](OCc2ccccc2)[C@H]1O. The lowest BCUT2D eigenvalue weighted by Gasteiger charge is -2.47. The monoisotopic (exact) mass is 398 g/mol. The molecule has 1 N–H and O–H groups in total. The third-order valence-electron chi connectivity index (χ3n) is 5.04. The maximum absolute atomic E-state index is 10.9. The molecule has 6 nitrogen and oxygen atoms in total. The van der Waals surface area contributed by atoms with Crippen LogP contribution in [0.5, 0.6) is 0 Å². The number of hydrogen-bond acceptors (Lipinski definition) is 6. The first kappa shape index (κ1) is 20.2. The number of fused-ring (bicyclic) bond motifs is 1. The number of hydrogen-bond donors (Lipinski definition) is 1. The van der Waals surface area contributed by atoms with Crippen LogP contribution in [0.1, 0.15) is 17.4 Å². The highest BCUT2D eigenvalue weighted by Gasteiger charge is 2.50. The summed E-state index contributed by atoms with van der Waals surface area (Å²) in [7, 11) is 0. The highest BCUT2D eigenvalue weighted by Crippen LogP contribution is 2.35. The molecule has 0 bridgehead atoms. The maximum Gasteiger partial charge on any atom is 0.187 e. The predicted octanol–water partition coefficient (Wildman–Crippen LogP) is 2.97. The fourth-order valence-corrected chi connectivity index (χ4v) is 3.60. The zero-order valence-corrected chi connectivity index (χ0v) is 16.1. The van der Waals surface area contributed by atoms with Gasteiger partial charge in [-0.25, -0.2) is 0 Å². The molecule has 2 heterocycles. The van der Waals surface area contributed by atoms with Crippen molar-refractivity contribution in [3.63, 3.8) is 0 Å². The van der Waals surface area contributed by atoms with E-state index in [1.807, 2.05) is 60.7 Å². The molecule has 0 saturated carbocycles. The quantitative estimate of drug-likeness (QED) is 0.724. The molecular weight excluding hydrogens is 372 g/mol. The summed E-state index contributed by atoms with van der Waals surface area (Å²) in [5, 5.41) is 10.9. The van der Waals surface area contributed by atoms with Gasteiger partial charge in [-0.15, -0.1) is 6.58 Å². The van der Waals surface area contributed by atoms with Crippen molar-refractivity contribution in [2.75, 3.05) is 13.2 Å². The molecule has 0 amide bonds. The summed E-state index contributed by atoms with van der Waals surface area (Å²) >= 11 is 0. The highest BCUT2D eigenvalue weighted by atomic mass is 16.8. The first-order valence-electron chi connectivity index (χ1n) is 9.80. The van der Waals surface area contributed by atoms with Crippen LogP contribution in [-0.4, -0.2) is 49.0 Å². The van der Waals surface area contributed by atoms with Crippen LogP contribution >= 0.6 is 0 Å². The van der Waals surface area contributed by atoms with Crippen molar-refractivity contribution in [2.45, 2.75) is 43.6 Å². The smallest absolute Gasteiger partial charge is 0.187 e. The molecule has 2 aromatic rings. The zero-order chi connectivity index (χ0) is 20.1. The average Bonchev–Trinajstić information content (AvgIpc) is 2.78. The molecule has 6 heteroatoms. The van der Waals surface area contributed by atoms with Crippen molar-refractivity contribution in [1.82, 2.24) is 0 Å². The van der Waals surface area contributed by atoms with Crippen molar-refractivity contribution in [1.29, 1.82) is 0 Å². The minimum atomic E-state index is -1.01. The fraction of sp³-hybridized carbons (Fsp3) is 0.391. The molecule has 2 saturated heterocycles. The lowest BCUT2D eigenvalue weighted by molar-refractivity contribution is -0.365. The Labute approximate surface area is 170 Å². The van der Waals surface area contributed by atoms with E-state index in [1.54, 1.807) is 6.08 Å². The Balaban J connectivity index is 1.51. The van der Waals surface area contributed by atoms with Crippen molar-refractivity contribution in [3.05, 3.63) is 84.4 Å². The minimum absolute atomic E-state index is 0.263. The van der Waals surface area contributed by atoms with Crippen LogP contribution in [-0.2, 0) is 30.3 Å². The number of ether oxygens (including phenoxy) is 5. The second-order valence-electron chi connectivity index (χ2n) is 7.09. The average molecular weight is 398 g/mol. The second kappa shape index (κ2) is 9.63. The molecule has 0 aromatic heterocycles. The number of rotatable bonds is 7. The van der Waals surface area contributed by atoms with Crippen molar-refractivity contribution >= 4 is 0 Å². The van der Waals surface area contributed by atoms with Crippen molar-refractivity contribution in [3.8, 4) is 0 Å². The third-order valence-corrected chi connectivity index (χ3v) is 5.04. The predicted molar refractivity (Wildman–Crippen MR) is 106 cm³/mol. The fourth-order valence-electron chi connectivity index (χ4n) is 3.60. The van der Waals surface area contributed by atoms with Gasteiger partial charge in [0.05, 0.1) is 19.8 Å². The molecule has 6 atom stereocenters. The number of aliphatic hydroxyl groups is 1. The lowest BCUT2D eigenvalue weighted by atomic mass is 9.97. The van der Waals surface area contributed by atoms with Crippen LogP contribution in [0.4, 0.5) is 0 Å². The van der Waals surface area contributed by atoms with Gasteiger partial charge in [0.2, 0.25) is 0 Å². The van der Waals surface area contributed by atoms with Crippen LogP contribution in [0, 0.1) is 0 Å². The first-order chi connectivity index (χ1) is 14.3. The van der Waals surface area contributed by atoms with Crippen LogP contribution < -0.4 is 0 Å². The summed E-state index contributed by atoms with van der Waals surface area (Å²) in [6, 6.07) is 19.5. The second-order valence-corrected chi connectivity index (χ2v) is 7.09. The van der Waals surface area contributed by atoms with Crippen LogP contribution in [0.3, 0.4) is 0 Å². The van der Waals surface area contributed by atoms with E-state index in [9.17, 15) is 5.11 Å². The van der Waals surface area contributed by atoms with Gasteiger partial charge < -0.3 is 28.8 Å². The molecule has 4 rings (SSSR count). The van der Waals surface area contributed by atoms with E-state index in [1.165, 1.54) is 0 Å². The Hall–Kier alpha value is -2.06. The summed E-state index contributed by atoms with van der Waals surface area (Å²) < 4.78 is 29.7. The third kappa shape index (κ3) is 4.75. The van der Waals surface area contributed by atoms with E-state index in [2.05, 4.69) is 6.58 Å². The van der Waals surface area contributed by atoms with Crippen molar-refractivity contribution in [2.24, 2.45) is 0 Å². The molecule has 0 spiro atoms. The summed E-state index contributed by atoms with van der Waals surface area (Å²) in [5.74, 6) is 0. The van der Waals surface area contributed by atoms with Gasteiger partial charge in [-0.2, -0.15) is 0 Å². The molecule has 2 aromatic carbocycles. The Kier molecular flexibility index (Phi) is 6.71. The maximum atomic E-state index is 10.9. The van der Waals surface area contributed by atoms with Gasteiger partial charge in [0.15, 0.2) is 12.6 Å². The Morgan fingerprint density at radius 2 is 1.72 bits per heavy atom. The van der Waals surface area contributed by atoms with Crippen LogP contribution in [0.2, 0.25) is 0 Å². The van der Waals surface area contributed by atoms with Gasteiger partial charge >= 0.3 is 0 Å². The van der Waals surface area contributed by atoms with E-state index in [4.69, 9.17) is 23.7 Å². The summed E-state index contributed by atoms with van der Waals surface area (Å²) in [5.41, 5.74) is 1.92. The Morgan fingerprint density at radius 1 is 1.00 bits per heavy atom. The van der Waals surface area contributed by atoms with Gasteiger partial charge in [0.25, 0.3) is 0 Å². The van der Waals surface area contributed by atoms with E-state index < -0.39 is 37.0 Å². The molecule has 154 valence electrons. The van der Waals surface area contributed by atoms with Crippen LogP contribution in [0.15, 0.2) is 73.3 Å². The van der Waals surface area contributed by atoms with E-state index >= 15 is 0 Å². The van der Waals surface area contributed by atoms with Gasteiger partial charge in [0.1, 0.15) is 24.4 Å². The minimum Gasteiger partial charge on any atom is -0.385 e. The molecule has 1 unspecified atom stereocenters. The largest absolute Gasteiger partial charge is 0.385 e. The molecule has 29 heavy (non-hydrogen) atoms. The molecule has 0 radical (unpaired) electrons. The summed E-state index contributed by atoms with van der Waals surface area (Å²) in [4.78, 5) is 0. The zero-order valence-electron chi connectivity index (χ0n) is 16.1. The lowest BCUT2D eigenvalue weighted by Crippen LogP contribution is -2.63. The van der Waals surface area contributed by atoms with E-state index in [0.717, 1.165) is 11.1 Å².